The van der Waals surface area contributed by atoms with Crippen molar-refractivity contribution in [3.05, 3.63) is 59.7 Å². The number of benzene rings is 2. The van der Waals surface area contributed by atoms with E-state index >= 15 is 0 Å². The van der Waals surface area contributed by atoms with Gasteiger partial charge in [-0.05, 0) is 12.5 Å². The van der Waals surface area contributed by atoms with E-state index in [1.54, 1.807) is 0 Å². The number of hydrogen-bond donors (Lipinski definition) is 0. The monoisotopic (exact) mass is 244 g/mol. The lowest BCUT2D eigenvalue weighted by molar-refractivity contribution is 1.44. The molecule has 80 valence electrons. The number of halogens is 1. The second-order valence-corrected chi connectivity index (χ2v) is 5.33. The summed E-state index contributed by atoms with van der Waals surface area (Å²) < 4.78 is 0. The normalized spacial score (nSPS) is 10.4. The molecule has 2 rings (SSSR count). The van der Waals surface area contributed by atoms with Gasteiger partial charge >= 0.3 is 0 Å². The topological polar surface area (TPSA) is 0 Å². The van der Waals surface area contributed by atoms with E-state index in [2.05, 4.69) is 49.4 Å². The summed E-state index contributed by atoms with van der Waals surface area (Å²) in [5.41, 5.74) is 2.59. The Morgan fingerprint density at radius 3 is 2.25 bits per heavy atom. The van der Waals surface area contributed by atoms with Crippen LogP contribution >= 0.6 is 11.6 Å². The molecule has 0 N–H and O–H groups in total. The number of alkyl halides is 1. The summed E-state index contributed by atoms with van der Waals surface area (Å²) in [7, 11) is 0.697. The second kappa shape index (κ2) is 5.33. The molecule has 0 unspecified atom stereocenters. The van der Waals surface area contributed by atoms with Crippen LogP contribution in [0, 0.1) is 6.92 Å². The highest BCUT2D eigenvalue weighted by Gasteiger charge is 2.04. The minimum absolute atomic E-state index is 0.592. The Hall–Kier alpha value is -1.05. The van der Waals surface area contributed by atoms with Crippen LogP contribution in [0.15, 0.2) is 48.5 Å². The minimum Gasteiger partial charge on any atom is -0.122 e. The van der Waals surface area contributed by atoms with Crippen LogP contribution in [0.3, 0.4) is 0 Å². The van der Waals surface area contributed by atoms with Gasteiger partial charge in [0.15, 0.2) is 0 Å². The lowest BCUT2D eigenvalue weighted by Gasteiger charge is -2.08. The third-order valence-corrected chi connectivity index (χ3v) is 4.45. The maximum absolute atomic E-state index is 5.94. The van der Waals surface area contributed by atoms with Crippen LogP contribution in [0.2, 0.25) is 0 Å². The molecular formula is C14H13ClSi. The molecule has 0 aliphatic carbocycles. The summed E-state index contributed by atoms with van der Waals surface area (Å²) in [6.07, 6.45) is 0. The van der Waals surface area contributed by atoms with Gasteiger partial charge in [0.1, 0.15) is 9.52 Å². The van der Waals surface area contributed by atoms with E-state index in [0.717, 1.165) is 0 Å². The number of aryl methyl sites for hydroxylation is 1. The first-order chi connectivity index (χ1) is 7.81. The number of rotatable bonds is 3. The van der Waals surface area contributed by atoms with Crippen molar-refractivity contribution in [2.24, 2.45) is 0 Å². The molecule has 2 radical (unpaired) electrons. The van der Waals surface area contributed by atoms with E-state index in [9.17, 15) is 0 Å². The van der Waals surface area contributed by atoms with Gasteiger partial charge in [-0.25, -0.2) is 0 Å². The summed E-state index contributed by atoms with van der Waals surface area (Å²) in [6, 6.07) is 16.9. The molecule has 0 atom stereocenters. The first kappa shape index (κ1) is 11.4. The largest absolute Gasteiger partial charge is 0.122 e. The molecular weight excluding hydrogens is 232 g/mol. The van der Waals surface area contributed by atoms with Gasteiger partial charge in [0.25, 0.3) is 0 Å². The summed E-state index contributed by atoms with van der Waals surface area (Å²) in [5.74, 6) is 0.592. The van der Waals surface area contributed by atoms with Crippen molar-refractivity contribution in [2.75, 3.05) is 0 Å². The summed E-state index contributed by atoms with van der Waals surface area (Å²) in [4.78, 5) is 0. The lowest BCUT2D eigenvalue weighted by atomic mass is 10.2. The van der Waals surface area contributed by atoms with Crippen LogP contribution in [0.1, 0.15) is 11.1 Å². The Morgan fingerprint density at radius 2 is 1.56 bits per heavy atom. The number of hydrogen-bond acceptors (Lipinski definition) is 0. The Labute approximate surface area is 104 Å². The average Bonchev–Trinajstić information content (AvgIpc) is 2.33. The molecule has 16 heavy (non-hydrogen) atoms. The first-order valence-corrected chi connectivity index (χ1v) is 6.81. The van der Waals surface area contributed by atoms with Crippen molar-refractivity contribution in [3.8, 4) is 0 Å². The summed E-state index contributed by atoms with van der Waals surface area (Å²) in [5, 5.41) is 2.76. The minimum atomic E-state index is 0.592. The Bertz CT molecular complexity index is 480. The van der Waals surface area contributed by atoms with Gasteiger partial charge in [-0.3, -0.25) is 0 Å². The highest BCUT2D eigenvalue weighted by Crippen LogP contribution is 2.00. The predicted octanol–water partition coefficient (Wildman–Crippen LogP) is 2.39. The molecule has 0 aliphatic rings. The zero-order chi connectivity index (χ0) is 11.4. The lowest BCUT2D eigenvalue weighted by Crippen LogP contribution is -2.31. The zero-order valence-corrected chi connectivity index (χ0v) is 11.0. The van der Waals surface area contributed by atoms with Crippen LogP contribution < -0.4 is 10.4 Å². The molecule has 0 aromatic heterocycles. The molecule has 2 aromatic rings. The van der Waals surface area contributed by atoms with E-state index < -0.39 is 0 Å². The Kier molecular flexibility index (Phi) is 3.81. The van der Waals surface area contributed by atoms with E-state index in [1.807, 2.05) is 6.07 Å². The summed E-state index contributed by atoms with van der Waals surface area (Å²) >= 11 is 5.94. The van der Waals surface area contributed by atoms with Crippen LogP contribution in [0.4, 0.5) is 0 Å². The van der Waals surface area contributed by atoms with Crippen LogP contribution in [0.5, 0.6) is 0 Å². The average molecular weight is 245 g/mol. The van der Waals surface area contributed by atoms with Gasteiger partial charge in [0, 0.05) is 5.88 Å². The molecule has 0 spiro atoms. The van der Waals surface area contributed by atoms with Gasteiger partial charge in [-0.1, -0.05) is 64.5 Å². The van der Waals surface area contributed by atoms with Crippen molar-refractivity contribution in [1.29, 1.82) is 0 Å². The van der Waals surface area contributed by atoms with Crippen LogP contribution in [0.25, 0.3) is 0 Å². The van der Waals surface area contributed by atoms with Crippen molar-refractivity contribution >= 4 is 31.5 Å². The van der Waals surface area contributed by atoms with Crippen molar-refractivity contribution in [3.63, 3.8) is 0 Å². The van der Waals surface area contributed by atoms with E-state index in [-0.39, 0.29) is 0 Å². The third-order valence-electron chi connectivity index (χ3n) is 2.58. The first-order valence-electron chi connectivity index (χ1n) is 5.28. The van der Waals surface area contributed by atoms with Gasteiger partial charge in [0.2, 0.25) is 0 Å². The molecule has 0 saturated carbocycles. The van der Waals surface area contributed by atoms with Crippen LogP contribution in [-0.2, 0) is 5.88 Å². The highest BCUT2D eigenvalue weighted by molar-refractivity contribution is 6.68. The van der Waals surface area contributed by atoms with Crippen molar-refractivity contribution < 1.29 is 0 Å². The van der Waals surface area contributed by atoms with E-state index in [1.165, 1.54) is 21.5 Å². The van der Waals surface area contributed by atoms with Gasteiger partial charge in [-0.2, -0.15) is 0 Å². The van der Waals surface area contributed by atoms with E-state index in [4.69, 9.17) is 11.6 Å². The fourth-order valence-corrected chi connectivity index (χ4v) is 3.22. The highest BCUT2D eigenvalue weighted by atomic mass is 35.5. The van der Waals surface area contributed by atoms with Crippen molar-refractivity contribution in [2.45, 2.75) is 12.8 Å². The Balaban J connectivity index is 2.30. The maximum Gasteiger partial charge on any atom is 0.122 e. The standard InChI is InChI=1S/C14H13ClSi/c1-11-6-2-4-8-13(11)16-14-9-5-3-7-12(14)10-15/h2-9H,10H2,1H3. The summed E-state index contributed by atoms with van der Waals surface area (Å²) in [6.45, 7) is 2.16. The van der Waals surface area contributed by atoms with Gasteiger partial charge < -0.3 is 0 Å². The molecule has 0 amide bonds. The fraction of sp³-hybridized carbons (Fsp3) is 0.143. The molecule has 0 heterocycles. The van der Waals surface area contributed by atoms with Gasteiger partial charge in [-0.15, -0.1) is 11.6 Å². The van der Waals surface area contributed by atoms with E-state index in [0.29, 0.717) is 15.4 Å². The zero-order valence-electron chi connectivity index (χ0n) is 9.20. The molecule has 0 bridgehead atoms. The molecule has 0 fully saturated rings. The molecule has 0 nitrogen and oxygen atoms in total. The molecule has 0 aliphatic heterocycles. The predicted molar refractivity (Wildman–Crippen MR) is 72.2 cm³/mol. The Morgan fingerprint density at radius 1 is 0.938 bits per heavy atom. The smallest absolute Gasteiger partial charge is 0.122 e. The fourth-order valence-electron chi connectivity index (χ4n) is 1.62. The molecule has 0 saturated heterocycles. The third kappa shape index (κ3) is 2.54. The SMILES string of the molecule is Cc1ccccc1[Si]c1ccccc1CCl. The quantitative estimate of drug-likeness (QED) is 0.575. The van der Waals surface area contributed by atoms with Crippen molar-refractivity contribution in [1.82, 2.24) is 0 Å². The van der Waals surface area contributed by atoms with Crippen LogP contribution in [-0.4, -0.2) is 9.52 Å². The maximum atomic E-state index is 5.94. The molecule has 2 aromatic carbocycles. The second-order valence-electron chi connectivity index (χ2n) is 3.73. The van der Waals surface area contributed by atoms with Gasteiger partial charge in [0.05, 0.1) is 0 Å². The molecule has 2 heteroatoms.